The fourth-order valence-corrected chi connectivity index (χ4v) is 3.59. The van der Waals surface area contributed by atoms with Crippen LogP contribution in [0.15, 0.2) is 60.8 Å². The fraction of sp³-hybridized carbons (Fsp3) is 0.227. The van der Waals surface area contributed by atoms with Crippen LogP contribution in [-0.2, 0) is 4.79 Å². The number of rotatable bonds is 4. The molecule has 1 atom stereocenters. The van der Waals surface area contributed by atoms with Crippen LogP contribution in [0.4, 0.5) is 10.1 Å². The van der Waals surface area contributed by atoms with Gasteiger partial charge >= 0.3 is 0 Å². The van der Waals surface area contributed by atoms with Crippen LogP contribution in [0.5, 0.6) is 0 Å². The van der Waals surface area contributed by atoms with Crippen molar-refractivity contribution in [1.29, 1.82) is 0 Å². The molecule has 1 aliphatic heterocycles. The molecule has 3 aromatic rings. The smallest absolute Gasteiger partial charge is 0.253 e. The van der Waals surface area contributed by atoms with Crippen LogP contribution in [-0.4, -0.2) is 40.0 Å². The van der Waals surface area contributed by atoms with Gasteiger partial charge in [0.2, 0.25) is 5.91 Å². The summed E-state index contributed by atoms with van der Waals surface area (Å²) in [6.45, 7) is 0.918. The first-order chi connectivity index (χ1) is 14.1. The largest absolute Gasteiger partial charge is 0.338 e. The fourth-order valence-electron chi connectivity index (χ4n) is 3.59. The lowest BCUT2D eigenvalue weighted by atomic mass is 9.96. The number of benzene rings is 2. The highest BCUT2D eigenvalue weighted by molar-refractivity contribution is 5.97. The molecule has 0 spiro atoms. The van der Waals surface area contributed by atoms with E-state index in [2.05, 4.69) is 15.5 Å². The average Bonchev–Trinajstić information content (AvgIpc) is 3.22. The Bertz CT molecular complexity index is 1000. The maximum Gasteiger partial charge on any atom is 0.253 e. The number of nitrogens with zero attached hydrogens (tertiary/aromatic N) is 2. The SMILES string of the molecule is O=C(Nc1cn[nH]c1-c1ccccc1)[C@@H]1CCCN(C(=O)c2ccc(F)cc2)C1. The van der Waals surface area contributed by atoms with E-state index in [1.165, 1.54) is 24.3 Å². The van der Waals surface area contributed by atoms with Crippen LogP contribution in [0.25, 0.3) is 11.3 Å². The summed E-state index contributed by atoms with van der Waals surface area (Å²) in [5, 5.41) is 9.92. The first kappa shape index (κ1) is 18.9. The number of piperidine rings is 1. The van der Waals surface area contributed by atoms with Crippen molar-refractivity contribution in [1.82, 2.24) is 15.1 Å². The van der Waals surface area contributed by atoms with Gasteiger partial charge < -0.3 is 10.2 Å². The van der Waals surface area contributed by atoms with E-state index in [4.69, 9.17) is 0 Å². The molecule has 0 saturated carbocycles. The molecule has 4 rings (SSSR count). The van der Waals surface area contributed by atoms with E-state index < -0.39 is 0 Å². The highest BCUT2D eigenvalue weighted by Gasteiger charge is 2.29. The molecular weight excluding hydrogens is 371 g/mol. The molecule has 148 valence electrons. The maximum absolute atomic E-state index is 13.1. The van der Waals surface area contributed by atoms with Crippen LogP contribution in [0.3, 0.4) is 0 Å². The van der Waals surface area contributed by atoms with E-state index in [1.54, 1.807) is 11.1 Å². The predicted molar refractivity (Wildman–Crippen MR) is 108 cm³/mol. The van der Waals surface area contributed by atoms with Gasteiger partial charge in [-0.2, -0.15) is 5.10 Å². The summed E-state index contributed by atoms with van der Waals surface area (Å²) < 4.78 is 13.1. The zero-order chi connectivity index (χ0) is 20.2. The monoisotopic (exact) mass is 392 g/mol. The average molecular weight is 392 g/mol. The van der Waals surface area contributed by atoms with Gasteiger partial charge in [-0.15, -0.1) is 0 Å². The molecule has 29 heavy (non-hydrogen) atoms. The van der Waals surface area contributed by atoms with Gasteiger partial charge in [0.15, 0.2) is 0 Å². The van der Waals surface area contributed by atoms with Gasteiger partial charge in [0.1, 0.15) is 5.82 Å². The van der Waals surface area contributed by atoms with Gasteiger partial charge in [-0.3, -0.25) is 14.7 Å². The number of nitrogens with one attached hydrogen (secondary N) is 2. The van der Waals surface area contributed by atoms with Crippen molar-refractivity contribution in [2.24, 2.45) is 5.92 Å². The quantitative estimate of drug-likeness (QED) is 0.711. The number of amides is 2. The second kappa shape index (κ2) is 8.26. The van der Waals surface area contributed by atoms with Crippen molar-refractivity contribution in [3.05, 3.63) is 72.2 Å². The van der Waals surface area contributed by atoms with Crippen LogP contribution in [0.2, 0.25) is 0 Å². The van der Waals surface area contributed by atoms with Gasteiger partial charge in [0.05, 0.1) is 23.5 Å². The highest BCUT2D eigenvalue weighted by Crippen LogP contribution is 2.27. The Balaban J connectivity index is 1.44. The van der Waals surface area contributed by atoms with Crippen molar-refractivity contribution in [3.8, 4) is 11.3 Å². The lowest BCUT2D eigenvalue weighted by Crippen LogP contribution is -2.43. The molecule has 0 bridgehead atoms. The summed E-state index contributed by atoms with van der Waals surface area (Å²) >= 11 is 0. The van der Waals surface area contributed by atoms with Gasteiger partial charge in [-0.05, 0) is 37.1 Å². The summed E-state index contributed by atoms with van der Waals surface area (Å²) in [6, 6.07) is 15.1. The molecule has 2 amide bonds. The zero-order valence-electron chi connectivity index (χ0n) is 15.8. The van der Waals surface area contributed by atoms with Crippen LogP contribution >= 0.6 is 0 Å². The lowest BCUT2D eigenvalue weighted by molar-refractivity contribution is -0.121. The Morgan fingerprint density at radius 1 is 1.10 bits per heavy atom. The Morgan fingerprint density at radius 3 is 2.62 bits per heavy atom. The number of anilines is 1. The van der Waals surface area contributed by atoms with Crippen molar-refractivity contribution in [3.63, 3.8) is 0 Å². The summed E-state index contributed by atoms with van der Waals surface area (Å²) in [4.78, 5) is 27.2. The van der Waals surface area contributed by atoms with Crippen LogP contribution < -0.4 is 5.32 Å². The van der Waals surface area contributed by atoms with Crippen molar-refractivity contribution in [2.45, 2.75) is 12.8 Å². The van der Waals surface area contributed by atoms with Gasteiger partial charge in [-0.25, -0.2) is 4.39 Å². The third-order valence-corrected chi connectivity index (χ3v) is 5.13. The predicted octanol–water partition coefficient (Wildman–Crippen LogP) is 3.71. The Morgan fingerprint density at radius 2 is 1.86 bits per heavy atom. The first-order valence-electron chi connectivity index (χ1n) is 9.56. The second-order valence-electron chi connectivity index (χ2n) is 7.11. The number of hydrogen-bond acceptors (Lipinski definition) is 3. The van der Waals surface area contributed by atoms with Gasteiger partial charge in [0, 0.05) is 24.2 Å². The van der Waals surface area contributed by atoms with Crippen molar-refractivity contribution >= 4 is 17.5 Å². The van der Waals surface area contributed by atoms with E-state index in [1.807, 2.05) is 30.3 Å². The van der Waals surface area contributed by atoms with Gasteiger partial charge in [-0.1, -0.05) is 30.3 Å². The second-order valence-corrected chi connectivity index (χ2v) is 7.11. The summed E-state index contributed by atoms with van der Waals surface area (Å²) in [5.41, 5.74) is 2.71. The molecule has 0 unspecified atom stereocenters. The molecule has 2 heterocycles. The topological polar surface area (TPSA) is 78.1 Å². The van der Waals surface area contributed by atoms with E-state index in [9.17, 15) is 14.0 Å². The van der Waals surface area contributed by atoms with E-state index in [-0.39, 0.29) is 23.5 Å². The number of H-pyrrole nitrogens is 1. The zero-order valence-corrected chi connectivity index (χ0v) is 15.8. The maximum atomic E-state index is 13.1. The van der Waals surface area contributed by atoms with E-state index in [0.29, 0.717) is 30.8 Å². The summed E-state index contributed by atoms with van der Waals surface area (Å²) in [5.74, 6) is -1.02. The minimum atomic E-state index is -0.383. The minimum absolute atomic E-state index is 0.139. The number of hydrogen-bond donors (Lipinski definition) is 2. The van der Waals surface area contributed by atoms with E-state index in [0.717, 1.165) is 17.7 Å². The molecule has 1 saturated heterocycles. The first-order valence-corrected chi connectivity index (χ1v) is 9.56. The minimum Gasteiger partial charge on any atom is -0.338 e. The number of likely N-dealkylation sites (tertiary alicyclic amines) is 1. The number of aromatic nitrogens is 2. The third kappa shape index (κ3) is 4.18. The summed E-state index contributed by atoms with van der Waals surface area (Å²) in [6.07, 6.45) is 3.03. The number of halogens is 1. The van der Waals surface area contributed by atoms with Crippen molar-refractivity contribution in [2.75, 3.05) is 18.4 Å². The molecule has 2 N–H and O–H groups in total. The summed E-state index contributed by atoms with van der Waals surface area (Å²) in [7, 11) is 0. The molecule has 2 aromatic carbocycles. The number of aromatic amines is 1. The van der Waals surface area contributed by atoms with Crippen LogP contribution in [0, 0.1) is 11.7 Å². The molecule has 6 nitrogen and oxygen atoms in total. The third-order valence-electron chi connectivity index (χ3n) is 5.13. The van der Waals surface area contributed by atoms with Crippen LogP contribution in [0.1, 0.15) is 23.2 Å². The molecule has 1 aliphatic rings. The number of carbonyl (C=O) groups excluding carboxylic acids is 2. The van der Waals surface area contributed by atoms with E-state index >= 15 is 0 Å². The molecule has 0 aliphatic carbocycles. The Hall–Kier alpha value is -3.48. The highest BCUT2D eigenvalue weighted by atomic mass is 19.1. The molecule has 1 aromatic heterocycles. The molecule has 7 heteroatoms. The standard InChI is InChI=1S/C22H21FN4O2/c23-18-10-8-16(9-11-18)22(29)27-12-4-7-17(14-27)21(28)25-19-13-24-26-20(19)15-5-2-1-3-6-15/h1-3,5-6,8-11,13,17H,4,7,12,14H2,(H,24,26)(H,25,28)/t17-/m1/s1. The molecule has 1 fully saturated rings. The van der Waals surface area contributed by atoms with Crippen molar-refractivity contribution < 1.29 is 14.0 Å². The number of carbonyl (C=O) groups is 2. The Labute approximate surface area is 167 Å². The lowest BCUT2D eigenvalue weighted by Gasteiger charge is -2.32. The van der Waals surface area contributed by atoms with Gasteiger partial charge in [0.25, 0.3) is 5.91 Å². The molecule has 0 radical (unpaired) electrons. The Kier molecular flexibility index (Phi) is 5.37. The normalized spacial score (nSPS) is 16.4. The molecular formula is C22H21FN4O2.